The van der Waals surface area contributed by atoms with Crippen LogP contribution in [0, 0.1) is 0 Å². The van der Waals surface area contributed by atoms with Crippen LogP contribution < -0.4 is 11.1 Å². The van der Waals surface area contributed by atoms with Gasteiger partial charge in [-0.05, 0) is 30.5 Å². The Balaban J connectivity index is 1.86. The number of rotatable bonds is 5. The molecular formula is C18H19F3N4O. The Labute approximate surface area is 148 Å². The van der Waals surface area contributed by atoms with Crippen molar-refractivity contribution in [2.45, 2.75) is 44.2 Å². The van der Waals surface area contributed by atoms with Gasteiger partial charge in [-0.25, -0.2) is 9.97 Å². The van der Waals surface area contributed by atoms with E-state index in [4.69, 9.17) is 5.73 Å². The highest BCUT2D eigenvalue weighted by Crippen LogP contribution is 2.35. The number of anilines is 2. The molecule has 1 heterocycles. The van der Waals surface area contributed by atoms with E-state index in [-0.39, 0.29) is 24.0 Å². The Morgan fingerprint density at radius 3 is 2.38 bits per heavy atom. The average molecular weight is 364 g/mol. The van der Waals surface area contributed by atoms with Gasteiger partial charge in [-0.1, -0.05) is 25.0 Å². The zero-order valence-corrected chi connectivity index (χ0v) is 14.0. The van der Waals surface area contributed by atoms with Crippen molar-refractivity contribution >= 4 is 17.4 Å². The Morgan fingerprint density at radius 2 is 1.81 bits per heavy atom. The van der Waals surface area contributed by atoms with E-state index in [9.17, 15) is 18.0 Å². The highest BCUT2D eigenvalue weighted by Gasteiger charge is 2.34. The van der Waals surface area contributed by atoms with E-state index in [2.05, 4.69) is 15.3 Å². The molecular weight excluding hydrogens is 345 g/mol. The number of amides is 1. The van der Waals surface area contributed by atoms with E-state index in [1.165, 1.54) is 0 Å². The van der Waals surface area contributed by atoms with Crippen molar-refractivity contribution < 1.29 is 18.0 Å². The van der Waals surface area contributed by atoms with Gasteiger partial charge in [-0.3, -0.25) is 4.79 Å². The second kappa shape index (κ2) is 7.31. The largest absolute Gasteiger partial charge is 0.433 e. The van der Waals surface area contributed by atoms with Gasteiger partial charge in [0.1, 0.15) is 17.3 Å². The first-order chi connectivity index (χ1) is 12.3. The van der Waals surface area contributed by atoms with Crippen molar-refractivity contribution in [1.29, 1.82) is 0 Å². The van der Waals surface area contributed by atoms with Gasteiger partial charge in [0.05, 0.1) is 6.42 Å². The predicted molar refractivity (Wildman–Crippen MR) is 90.9 cm³/mol. The molecule has 1 aromatic heterocycles. The van der Waals surface area contributed by atoms with Crippen molar-refractivity contribution in [3.8, 4) is 0 Å². The molecule has 1 amide bonds. The van der Waals surface area contributed by atoms with Crippen LogP contribution in [0.4, 0.5) is 24.7 Å². The van der Waals surface area contributed by atoms with Crippen LogP contribution >= 0.6 is 0 Å². The minimum Gasteiger partial charge on any atom is -0.369 e. The third-order valence-electron chi connectivity index (χ3n) is 4.36. The molecule has 0 aliphatic heterocycles. The summed E-state index contributed by atoms with van der Waals surface area (Å²) in [4.78, 5) is 19.0. The van der Waals surface area contributed by atoms with Crippen LogP contribution in [0.1, 0.15) is 48.7 Å². The minimum absolute atomic E-state index is 0.0317. The number of nitrogens with zero attached hydrogens (tertiary/aromatic N) is 2. The summed E-state index contributed by atoms with van der Waals surface area (Å²) >= 11 is 0. The molecule has 5 nitrogen and oxygen atoms in total. The number of halogens is 3. The maximum absolute atomic E-state index is 13.2. The monoisotopic (exact) mass is 364 g/mol. The first kappa shape index (κ1) is 18.2. The molecule has 0 spiro atoms. The van der Waals surface area contributed by atoms with Gasteiger partial charge in [-0.15, -0.1) is 0 Å². The number of aromatic nitrogens is 2. The van der Waals surface area contributed by atoms with E-state index in [0.29, 0.717) is 5.69 Å². The molecule has 1 fully saturated rings. The maximum Gasteiger partial charge on any atom is 0.433 e. The van der Waals surface area contributed by atoms with E-state index in [1.54, 1.807) is 24.3 Å². The molecule has 138 valence electrons. The Bertz CT molecular complexity index is 784. The van der Waals surface area contributed by atoms with Crippen LogP contribution in [0.25, 0.3) is 0 Å². The summed E-state index contributed by atoms with van der Waals surface area (Å²) in [6, 6.07) is 7.63. The number of benzene rings is 1. The first-order valence-corrected chi connectivity index (χ1v) is 8.42. The molecule has 0 atom stereocenters. The van der Waals surface area contributed by atoms with Crippen LogP contribution in [0.2, 0.25) is 0 Å². The van der Waals surface area contributed by atoms with Crippen molar-refractivity contribution in [1.82, 2.24) is 9.97 Å². The van der Waals surface area contributed by atoms with Crippen molar-refractivity contribution in [2.24, 2.45) is 5.73 Å². The zero-order chi connectivity index (χ0) is 18.7. The van der Waals surface area contributed by atoms with Crippen LogP contribution in [0.5, 0.6) is 0 Å². The highest BCUT2D eigenvalue weighted by atomic mass is 19.4. The fraction of sp³-hybridized carbons (Fsp3) is 0.389. The number of primary amides is 1. The number of hydrogen-bond donors (Lipinski definition) is 2. The van der Waals surface area contributed by atoms with E-state index in [0.717, 1.165) is 37.3 Å². The smallest absolute Gasteiger partial charge is 0.369 e. The van der Waals surface area contributed by atoms with Crippen LogP contribution in [0.15, 0.2) is 30.3 Å². The third-order valence-corrected chi connectivity index (χ3v) is 4.36. The summed E-state index contributed by atoms with van der Waals surface area (Å²) in [5, 5.41) is 2.89. The SMILES string of the molecule is NC(=O)Cc1ccc(Nc2cc(C(F)(F)F)nc(C3CCCC3)n2)cc1. The molecule has 8 heteroatoms. The fourth-order valence-corrected chi connectivity index (χ4v) is 3.10. The topological polar surface area (TPSA) is 80.9 Å². The number of hydrogen-bond acceptors (Lipinski definition) is 4. The standard InChI is InChI=1S/C18H19F3N4O/c19-18(20,21)14-10-16(25-17(24-14)12-3-1-2-4-12)23-13-7-5-11(6-8-13)9-15(22)26/h5-8,10,12H,1-4,9H2,(H2,22,26)(H,23,24,25). The molecule has 1 aliphatic rings. The average Bonchev–Trinajstić information content (AvgIpc) is 3.10. The second-order valence-electron chi connectivity index (χ2n) is 6.44. The van der Waals surface area contributed by atoms with Gasteiger partial charge >= 0.3 is 6.18 Å². The minimum atomic E-state index is -4.53. The molecule has 3 rings (SSSR count). The molecule has 1 aliphatic carbocycles. The lowest BCUT2D eigenvalue weighted by atomic mass is 10.1. The summed E-state index contributed by atoms with van der Waals surface area (Å²) in [5.74, 6) is -0.129. The van der Waals surface area contributed by atoms with Gasteiger partial charge < -0.3 is 11.1 Å². The predicted octanol–water partition coefficient (Wildman–Crippen LogP) is 3.92. The van der Waals surface area contributed by atoms with Gasteiger partial charge in [0.25, 0.3) is 0 Å². The maximum atomic E-state index is 13.2. The molecule has 0 radical (unpaired) electrons. The van der Waals surface area contributed by atoms with E-state index < -0.39 is 17.8 Å². The van der Waals surface area contributed by atoms with Crippen LogP contribution in [-0.2, 0) is 17.4 Å². The van der Waals surface area contributed by atoms with E-state index in [1.807, 2.05) is 0 Å². The molecule has 0 bridgehead atoms. The number of carbonyl (C=O) groups excluding carboxylic acids is 1. The number of alkyl halides is 3. The van der Waals surface area contributed by atoms with Gasteiger partial charge in [-0.2, -0.15) is 13.2 Å². The molecule has 3 N–H and O–H groups in total. The van der Waals surface area contributed by atoms with Crippen molar-refractivity contribution in [3.05, 3.63) is 47.4 Å². The first-order valence-electron chi connectivity index (χ1n) is 8.42. The lowest BCUT2D eigenvalue weighted by Gasteiger charge is -2.15. The van der Waals surface area contributed by atoms with Crippen LogP contribution in [-0.4, -0.2) is 15.9 Å². The lowest BCUT2D eigenvalue weighted by Crippen LogP contribution is -2.14. The molecule has 2 aromatic rings. The number of nitrogens with one attached hydrogen (secondary N) is 1. The summed E-state index contributed by atoms with van der Waals surface area (Å²) in [6.07, 6.45) is -0.843. The second-order valence-corrected chi connectivity index (χ2v) is 6.44. The van der Waals surface area contributed by atoms with Crippen molar-refractivity contribution in [3.63, 3.8) is 0 Å². The van der Waals surface area contributed by atoms with Crippen molar-refractivity contribution in [2.75, 3.05) is 5.32 Å². The summed E-state index contributed by atoms with van der Waals surface area (Å²) in [6.45, 7) is 0. The summed E-state index contributed by atoms with van der Waals surface area (Å²) < 4.78 is 39.6. The molecule has 1 saturated carbocycles. The lowest BCUT2D eigenvalue weighted by molar-refractivity contribution is -0.141. The molecule has 1 aromatic carbocycles. The summed E-state index contributed by atoms with van der Waals surface area (Å²) in [5.41, 5.74) is 5.50. The Morgan fingerprint density at radius 1 is 1.15 bits per heavy atom. The number of carbonyl (C=O) groups is 1. The summed E-state index contributed by atoms with van der Waals surface area (Å²) in [7, 11) is 0. The number of nitrogens with two attached hydrogens (primary N) is 1. The highest BCUT2D eigenvalue weighted by molar-refractivity contribution is 5.76. The third kappa shape index (κ3) is 4.50. The van der Waals surface area contributed by atoms with E-state index >= 15 is 0 Å². The van der Waals surface area contributed by atoms with Gasteiger partial charge in [0.2, 0.25) is 5.91 Å². The molecule has 0 saturated heterocycles. The Kier molecular flexibility index (Phi) is 5.11. The molecule has 26 heavy (non-hydrogen) atoms. The zero-order valence-electron chi connectivity index (χ0n) is 14.0. The molecule has 0 unspecified atom stereocenters. The quantitative estimate of drug-likeness (QED) is 0.842. The van der Waals surface area contributed by atoms with Gasteiger partial charge in [0, 0.05) is 17.7 Å². The Hall–Kier alpha value is -2.64. The van der Waals surface area contributed by atoms with Gasteiger partial charge in [0.15, 0.2) is 0 Å². The van der Waals surface area contributed by atoms with Crippen LogP contribution in [0.3, 0.4) is 0 Å². The fourth-order valence-electron chi connectivity index (χ4n) is 3.10. The normalized spacial score (nSPS) is 15.2.